The number of benzene rings is 2. The Balaban J connectivity index is 1.55. The predicted octanol–water partition coefficient (Wildman–Crippen LogP) is 3.03. The summed E-state index contributed by atoms with van der Waals surface area (Å²) in [6, 6.07) is 18.1. The summed E-state index contributed by atoms with van der Waals surface area (Å²) in [6.45, 7) is 2.60. The smallest absolute Gasteiger partial charge is 0.246 e. The number of carbonyl (C=O) groups excluding carboxylic acids is 1. The van der Waals surface area contributed by atoms with Gasteiger partial charge in [-0.15, -0.1) is 0 Å². The number of para-hydroxylation sites is 1. The number of nitrogens with zero attached hydrogens (tertiary/aromatic N) is 3. The van der Waals surface area contributed by atoms with Crippen molar-refractivity contribution in [2.45, 2.75) is 38.3 Å². The maximum absolute atomic E-state index is 11.9. The molecule has 2 aromatic carbocycles. The van der Waals surface area contributed by atoms with Crippen molar-refractivity contribution in [3.63, 3.8) is 0 Å². The Morgan fingerprint density at radius 1 is 1.19 bits per heavy atom. The second-order valence-corrected chi connectivity index (χ2v) is 6.99. The van der Waals surface area contributed by atoms with E-state index in [1.165, 1.54) is 0 Å². The highest BCUT2D eigenvalue weighted by atomic mass is 16.5. The van der Waals surface area contributed by atoms with Crippen molar-refractivity contribution in [3.8, 4) is 0 Å². The molecule has 2 heterocycles. The summed E-state index contributed by atoms with van der Waals surface area (Å²) >= 11 is 0. The zero-order valence-electron chi connectivity index (χ0n) is 15.2. The van der Waals surface area contributed by atoms with Crippen molar-refractivity contribution in [2.24, 2.45) is 5.73 Å². The average molecular weight is 362 g/mol. The third-order valence-corrected chi connectivity index (χ3v) is 5.09. The van der Waals surface area contributed by atoms with Gasteiger partial charge in [0.25, 0.3) is 0 Å². The molecule has 0 saturated heterocycles. The molecule has 0 spiro atoms. The molecule has 1 aliphatic heterocycles. The van der Waals surface area contributed by atoms with Gasteiger partial charge in [-0.1, -0.05) is 53.7 Å². The second kappa shape index (κ2) is 7.23. The van der Waals surface area contributed by atoms with Crippen LogP contribution in [0.2, 0.25) is 0 Å². The summed E-state index contributed by atoms with van der Waals surface area (Å²) in [6.07, 6.45) is 1.32. The van der Waals surface area contributed by atoms with Gasteiger partial charge in [0.15, 0.2) is 5.82 Å². The monoisotopic (exact) mass is 362 g/mol. The van der Waals surface area contributed by atoms with Crippen LogP contribution in [0.3, 0.4) is 0 Å². The highest BCUT2D eigenvalue weighted by Gasteiger charge is 2.33. The van der Waals surface area contributed by atoms with Crippen LogP contribution in [0, 0.1) is 0 Å². The van der Waals surface area contributed by atoms with E-state index >= 15 is 0 Å². The Morgan fingerprint density at radius 3 is 2.70 bits per heavy atom. The van der Waals surface area contributed by atoms with E-state index in [-0.39, 0.29) is 17.9 Å². The first kappa shape index (κ1) is 17.3. The van der Waals surface area contributed by atoms with E-state index in [9.17, 15) is 4.79 Å². The standard InChI is InChI=1S/C21H22N4O2/c1-14-11-17(21(22)26)16-9-5-6-10-18(16)25(14)13-20-23-19(24-27-20)12-15-7-3-2-4-8-15/h2-10,14,17H,11-13H2,1H3,(H2,22,26)/t14-,17+/m0/s1. The average Bonchev–Trinajstić information content (AvgIpc) is 3.11. The van der Waals surface area contributed by atoms with Crippen molar-refractivity contribution in [3.05, 3.63) is 77.4 Å². The van der Waals surface area contributed by atoms with Crippen LogP contribution in [-0.2, 0) is 17.8 Å². The number of primary amides is 1. The first-order chi connectivity index (χ1) is 13.1. The third-order valence-electron chi connectivity index (χ3n) is 5.09. The fourth-order valence-electron chi connectivity index (χ4n) is 3.74. The van der Waals surface area contributed by atoms with Gasteiger partial charge >= 0.3 is 0 Å². The Bertz CT molecular complexity index is 938. The number of aromatic nitrogens is 2. The fourth-order valence-corrected chi connectivity index (χ4v) is 3.74. The lowest BCUT2D eigenvalue weighted by Crippen LogP contribution is -2.41. The lowest BCUT2D eigenvalue weighted by molar-refractivity contribution is -0.119. The Labute approximate surface area is 158 Å². The van der Waals surface area contributed by atoms with Crippen LogP contribution in [0.25, 0.3) is 0 Å². The minimum Gasteiger partial charge on any atom is -0.369 e. The van der Waals surface area contributed by atoms with Gasteiger partial charge in [0.05, 0.1) is 12.5 Å². The van der Waals surface area contributed by atoms with Crippen LogP contribution in [0.4, 0.5) is 5.69 Å². The number of rotatable bonds is 5. The summed E-state index contributed by atoms with van der Waals surface area (Å²) in [5, 5.41) is 4.11. The molecule has 0 radical (unpaired) electrons. The van der Waals surface area contributed by atoms with E-state index in [1.54, 1.807) is 0 Å². The van der Waals surface area contributed by atoms with E-state index in [0.717, 1.165) is 16.8 Å². The number of fused-ring (bicyclic) bond motifs is 1. The number of hydrogen-bond donors (Lipinski definition) is 1. The molecule has 6 nitrogen and oxygen atoms in total. The van der Waals surface area contributed by atoms with Crippen LogP contribution < -0.4 is 10.6 Å². The maximum atomic E-state index is 11.9. The summed E-state index contributed by atoms with van der Waals surface area (Å²) < 4.78 is 5.48. The van der Waals surface area contributed by atoms with E-state index < -0.39 is 0 Å². The summed E-state index contributed by atoms with van der Waals surface area (Å²) in [5.74, 6) is 0.699. The lowest BCUT2D eigenvalue weighted by Gasteiger charge is -2.39. The van der Waals surface area contributed by atoms with E-state index in [0.29, 0.717) is 31.1 Å². The topological polar surface area (TPSA) is 85.3 Å². The second-order valence-electron chi connectivity index (χ2n) is 6.99. The number of amides is 1. The molecule has 1 amide bonds. The quantitative estimate of drug-likeness (QED) is 0.754. The highest BCUT2D eigenvalue weighted by Crippen LogP contribution is 2.38. The molecule has 0 saturated carbocycles. The molecule has 2 atom stereocenters. The Hall–Kier alpha value is -3.15. The van der Waals surface area contributed by atoms with Crippen LogP contribution in [0.15, 0.2) is 59.1 Å². The summed E-state index contributed by atoms with van der Waals surface area (Å²) in [5.41, 5.74) is 8.73. The van der Waals surface area contributed by atoms with Gasteiger partial charge in [0, 0.05) is 18.2 Å². The maximum Gasteiger partial charge on any atom is 0.246 e. The normalized spacial score (nSPS) is 18.9. The van der Waals surface area contributed by atoms with Gasteiger partial charge in [-0.2, -0.15) is 4.98 Å². The Kier molecular flexibility index (Phi) is 4.62. The van der Waals surface area contributed by atoms with Crippen LogP contribution >= 0.6 is 0 Å². The lowest BCUT2D eigenvalue weighted by atomic mass is 9.85. The third kappa shape index (κ3) is 3.56. The van der Waals surface area contributed by atoms with Crippen molar-refractivity contribution in [1.82, 2.24) is 10.1 Å². The molecule has 27 heavy (non-hydrogen) atoms. The first-order valence-corrected chi connectivity index (χ1v) is 9.12. The molecule has 0 fully saturated rings. The van der Waals surface area contributed by atoms with Gasteiger partial charge in [-0.3, -0.25) is 4.79 Å². The van der Waals surface area contributed by atoms with E-state index in [4.69, 9.17) is 10.3 Å². The van der Waals surface area contributed by atoms with Gasteiger partial charge in [0.1, 0.15) is 0 Å². The molecule has 1 aromatic heterocycles. The predicted molar refractivity (Wildman–Crippen MR) is 102 cm³/mol. The molecule has 4 rings (SSSR count). The molecule has 1 aliphatic rings. The zero-order chi connectivity index (χ0) is 18.8. The number of nitrogens with two attached hydrogens (primary N) is 1. The first-order valence-electron chi connectivity index (χ1n) is 9.12. The minimum absolute atomic E-state index is 0.141. The molecule has 6 heteroatoms. The van der Waals surface area contributed by atoms with Crippen LogP contribution in [-0.4, -0.2) is 22.1 Å². The van der Waals surface area contributed by atoms with Crippen LogP contribution in [0.5, 0.6) is 0 Å². The molecular weight excluding hydrogens is 340 g/mol. The zero-order valence-corrected chi connectivity index (χ0v) is 15.2. The largest absolute Gasteiger partial charge is 0.369 e. The SMILES string of the molecule is C[C@H]1C[C@@H](C(N)=O)c2ccccc2N1Cc1nc(Cc2ccccc2)no1. The van der Waals surface area contributed by atoms with Crippen molar-refractivity contribution >= 4 is 11.6 Å². The van der Waals surface area contributed by atoms with Crippen molar-refractivity contribution < 1.29 is 9.32 Å². The molecular formula is C21H22N4O2. The van der Waals surface area contributed by atoms with Crippen LogP contribution in [0.1, 0.15) is 42.1 Å². The molecule has 0 bridgehead atoms. The van der Waals surface area contributed by atoms with Crippen molar-refractivity contribution in [2.75, 3.05) is 4.90 Å². The number of carbonyl (C=O) groups is 1. The molecule has 0 aliphatic carbocycles. The van der Waals surface area contributed by atoms with Crippen molar-refractivity contribution in [1.29, 1.82) is 0 Å². The molecule has 138 valence electrons. The van der Waals surface area contributed by atoms with E-state index in [2.05, 4.69) is 22.0 Å². The Morgan fingerprint density at radius 2 is 1.93 bits per heavy atom. The number of anilines is 1. The molecule has 3 aromatic rings. The van der Waals surface area contributed by atoms with Gasteiger partial charge < -0.3 is 15.2 Å². The number of hydrogen-bond acceptors (Lipinski definition) is 5. The molecule has 2 N–H and O–H groups in total. The highest BCUT2D eigenvalue weighted by molar-refractivity contribution is 5.85. The minimum atomic E-state index is -0.281. The fraction of sp³-hybridized carbons (Fsp3) is 0.286. The van der Waals surface area contributed by atoms with Gasteiger partial charge in [-0.05, 0) is 30.5 Å². The van der Waals surface area contributed by atoms with Gasteiger partial charge in [0.2, 0.25) is 11.8 Å². The molecule has 0 unspecified atom stereocenters. The summed E-state index contributed by atoms with van der Waals surface area (Å²) in [4.78, 5) is 18.6. The van der Waals surface area contributed by atoms with Gasteiger partial charge in [-0.25, -0.2) is 0 Å². The summed E-state index contributed by atoms with van der Waals surface area (Å²) in [7, 11) is 0. The van der Waals surface area contributed by atoms with E-state index in [1.807, 2.05) is 54.6 Å².